The fraction of sp³-hybridized carbons (Fsp3) is 0.312. The molecule has 2 N–H and O–H groups in total. The van der Waals surface area contributed by atoms with Gasteiger partial charge in [-0.2, -0.15) is 0 Å². The van der Waals surface area contributed by atoms with E-state index in [0.29, 0.717) is 4.88 Å². The Labute approximate surface area is 152 Å². The smallest absolute Gasteiger partial charge is 0.265 e. The van der Waals surface area contributed by atoms with E-state index in [2.05, 4.69) is 21.0 Å². The van der Waals surface area contributed by atoms with Gasteiger partial charge in [-0.15, -0.1) is 27.8 Å². The van der Waals surface area contributed by atoms with Crippen LogP contribution in [0, 0.1) is 0 Å². The Morgan fingerprint density at radius 3 is 2.96 bits per heavy atom. The fourth-order valence-corrected chi connectivity index (χ4v) is 4.69. The molecule has 8 heteroatoms. The molecule has 0 fully saturated rings. The van der Waals surface area contributed by atoms with Gasteiger partial charge in [-0.3, -0.25) is 4.79 Å². The molecular weight excluding hydrogens is 362 g/mol. The summed E-state index contributed by atoms with van der Waals surface area (Å²) in [6.07, 6.45) is 0.925. The number of amides is 1. The van der Waals surface area contributed by atoms with Crippen LogP contribution in [-0.2, 0) is 6.42 Å². The number of aromatic nitrogens is 2. The van der Waals surface area contributed by atoms with E-state index in [0.717, 1.165) is 39.8 Å². The standard InChI is InChI=1S/C16H17N3O2S3/c1-2-4-10-15(24-19-18-10)16(21)17-9-11(20)12-6-7-14(23-12)13-5-3-8-22-13/h3,5-8,11,20H,2,4,9H2,1H3,(H,17,21)/t11-/m0/s1. The van der Waals surface area contributed by atoms with Gasteiger partial charge in [0, 0.05) is 21.2 Å². The lowest BCUT2D eigenvalue weighted by molar-refractivity contribution is 0.0921. The number of nitrogens with one attached hydrogen (secondary N) is 1. The van der Waals surface area contributed by atoms with Crippen molar-refractivity contribution in [2.24, 2.45) is 0 Å². The lowest BCUT2D eigenvalue weighted by Gasteiger charge is -2.09. The summed E-state index contributed by atoms with van der Waals surface area (Å²) in [6.45, 7) is 2.21. The molecule has 3 heterocycles. The van der Waals surface area contributed by atoms with E-state index in [1.165, 1.54) is 4.88 Å². The molecule has 3 rings (SSSR count). The summed E-state index contributed by atoms with van der Waals surface area (Å²) in [5.74, 6) is -0.220. The quantitative estimate of drug-likeness (QED) is 0.656. The van der Waals surface area contributed by atoms with Crippen LogP contribution >= 0.6 is 34.2 Å². The topological polar surface area (TPSA) is 75.1 Å². The molecule has 0 radical (unpaired) electrons. The maximum atomic E-state index is 12.2. The maximum Gasteiger partial charge on any atom is 0.265 e. The van der Waals surface area contributed by atoms with Crippen molar-refractivity contribution in [3.05, 3.63) is 45.1 Å². The molecule has 0 saturated heterocycles. The monoisotopic (exact) mass is 379 g/mol. The first kappa shape index (κ1) is 17.2. The lowest BCUT2D eigenvalue weighted by Crippen LogP contribution is -2.28. The first-order valence-corrected chi connectivity index (χ1v) is 10.1. The van der Waals surface area contributed by atoms with Gasteiger partial charge >= 0.3 is 0 Å². The third kappa shape index (κ3) is 3.89. The Hall–Kier alpha value is -1.61. The number of aliphatic hydroxyl groups excluding tert-OH is 1. The van der Waals surface area contributed by atoms with E-state index < -0.39 is 6.10 Å². The van der Waals surface area contributed by atoms with Crippen molar-refractivity contribution < 1.29 is 9.90 Å². The molecule has 3 aromatic rings. The first-order valence-electron chi connectivity index (χ1n) is 7.60. The molecule has 1 atom stereocenters. The third-order valence-corrected chi connectivity index (χ3v) is 6.44. The zero-order chi connectivity index (χ0) is 16.9. The molecule has 5 nitrogen and oxygen atoms in total. The molecule has 1 amide bonds. The van der Waals surface area contributed by atoms with Gasteiger partial charge in [0.25, 0.3) is 5.91 Å². The molecule has 126 valence electrons. The molecule has 0 aliphatic carbocycles. The Morgan fingerprint density at radius 2 is 2.21 bits per heavy atom. The maximum absolute atomic E-state index is 12.2. The van der Waals surface area contributed by atoms with Crippen molar-refractivity contribution in [1.29, 1.82) is 0 Å². The average molecular weight is 380 g/mol. The minimum absolute atomic E-state index is 0.173. The number of aryl methyl sites for hydroxylation is 1. The number of thiophene rings is 2. The van der Waals surface area contributed by atoms with Crippen molar-refractivity contribution in [1.82, 2.24) is 14.9 Å². The number of hydrogen-bond acceptors (Lipinski definition) is 7. The Morgan fingerprint density at radius 1 is 1.33 bits per heavy atom. The summed E-state index contributed by atoms with van der Waals surface area (Å²) in [6, 6.07) is 7.98. The number of nitrogens with zero attached hydrogens (tertiary/aromatic N) is 2. The van der Waals surface area contributed by atoms with E-state index >= 15 is 0 Å². The van der Waals surface area contributed by atoms with Crippen LogP contribution in [-0.4, -0.2) is 27.1 Å². The van der Waals surface area contributed by atoms with Crippen molar-refractivity contribution in [2.75, 3.05) is 6.54 Å². The summed E-state index contributed by atoms with van der Waals surface area (Å²) >= 11 is 4.31. The predicted octanol–water partition coefficient (Wildman–Crippen LogP) is 3.74. The van der Waals surface area contributed by atoms with Gasteiger partial charge in [0.15, 0.2) is 0 Å². The Kier molecular flexibility index (Phi) is 5.72. The molecule has 0 aromatic carbocycles. The Bertz CT molecular complexity index is 795. The SMILES string of the molecule is CCCc1nnsc1C(=O)NC[C@H](O)c1ccc(-c2cccs2)s1. The van der Waals surface area contributed by atoms with Crippen LogP contribution in [0.1, 0.15) is 39.7 Å². The highest BCUT2D eigenvalue weighted by atomic mass is 32.1. The summed E-state index contributed by atoms with van der Waals surface area (Å²) in [5, 5.41) is 19.1. The second-order valence-electron chi connectivity index (χ2n) is 5.20. The van der Waals surface area contributed by atoms with Crippen LogP contribution < -0.4 is 5.32 Å². The molecule has 0 unspecified atom stereocenters. The van der Waals surface area contributed by atoms with E-state index in [9.17, 15) is 9.90 Å². The number of carbonyl (C=O) groups is 1. The molecule has 0 saturated carbocycles. The summed E-state index contributed by atoms with van der Waals surface area (Å²) in [5.41, 5.74) is 0.727. The van der Waals surface area contributed by atoms with Crippen LogP contribution in [0.25, 0.3) is 9.75 Å². The fourth-order valence-electron chi connectivity index (χ4n) is 2.23. The van der Waals surface area contributed by atoms with E-state index in [1.54, 1.807) is 22.7 Å². The normalized spacial score (nSPS) is 12.2. The first-order chi connectivity index (χ1) is 11.7. The summed E-state index contributed by atoms with van der Waals surface area (Å²) in [7, 11) is 0. The van der Waals surface area contributed by atoms with Gasteiger partial charge in [-0.25, -0.2) is 0 Å². The van der Waals surface area contributed by atoms with Crippen LogP contribution in [0.2, 0.25) is 0 Å². The van der Waals surface area contributed by atoms with Crippen molar-refractivity contribution in [2.45, 2.75) is 25.9 Å². The van der Waals surface area contributed by atoms with Crippen LogP contribution in [0.5, 0.6) is 0 Å². The predicted molar refractivity (Wildman–Crippen MR) is 98.8 cm³/mol. The summed E-state index contributed by atoms with van der Waals surface area (Å²) < 4.78 is 3.85. The molecule has 3 aromatic heterocycles. The largest absolute Gasteiger partial charge is 0.386 e. The van der Waals surface area contributed by atoms with Crippen molar-refractivity contribution in [3.63, 3.8) is 0 Å². The minimum atomic E-state index is -0.719. The molecule has 0 aliphatic heterocycles. The van der Waals surface area contributed by atoms with E-state index in [1.807, 2.05) is 30.5 Å². The number of rotatable bonds is 7. The average Bonchev–Trinajstić information content (AvgIpc) is 3.31. The second-order valence-corrected chi connectivity index (χ2v) is 8.02. The minimum Gasteiger partial charge on any atom is -0.386 e. The van der Waals surface area contributed by atoms with Crippen molar-refractivity contribution >= 4 is 40.1 Å². The van der Waals surface area contributed by atoms with E-state index in [4.69, 9.17) is 0 Å². The second kappa shape index (κ2) is 7.98. The highest BCUT2D eigenvalue weighted by Gasteiger charge is 2.18. The van der Waals surface area contributed by atoms with Gasteiger partial charge in [0.1, 0.15) is 11.0 Å². The van der Waals surface area contributed by atoms with Gasteiger partial charge in [-0.05, 0) is 41.5 Å². The zero-order valence-corrected chi connectivity index (χ0v) is 15.5. The van der Waals surface area contributed by atoms with Gasteiger partial charge in [-0.1, -0.05) is 23.9 Å². The molecule has 0 spiro atoms. The number of hydrogen-bond donors (Lipinski definition) is 2. The van der Waals surface area contributed by atoms with Crippen LogP contribution in [0.3, 0.4) is 0 Å². The van der Waals surface area contributed by atoms with Crippen LogP contribution in [0.4, 0.5) is 0 Å². The molecule has 0 bridgehead atoms. The lowest BCUT2D eigenvalue weighted by atomic mass is 10.2. The number of aliphatic hydroxyl groups is 1. The molecule has 24 heavy (non-hydrogen) atoms. The van der Waals surface area contributed by atoms with Crippen LogP contribution in [0.15, 0.2) is 29.6 Å². The highest BCUT2D eigenvalue weighted by molar-refractivity contribution is 7.21. The zero-order valence-electron chi connectivity index (χ0n) is 13.1. The molecule has 0 aliphatic rings. The third-order valence-electron chi connectivity index (χ3n) is 3.42. The summed E-state index contributed by atoms with van der Waals surface area (Å²) in [4.78, 5) is 15.9. The van der Waals surface area contributed by atoms with E-state index in [-0.39, 0.29) is 12.5 Å². The molecular formula is C16H17N3O2S3. The highest BCUT2D eigenvalue weighted by Crippen LogP contribution is 2.33. The van der Waals surface area contributed by atoms with Gasteiger partial charge < -0.3 is 10.4 Å². The van der Waals surface area contributed by atoms with Gasteiger partial charge in [0.2, 0.25) is 0 Å². The van der Waals surface area contributed by atoms with Gasteiger partial charge in [0.05, 0.1) is 5.69 Å². The Balaban J connectivity index is 1.60. The number of carbonyl (C=O) groups excluding carboxylic acids is 1. The van der Waals surface area contributed by atoms with Crippen molar-refractivity contribution in [3.8, 4) is 9.75 Å².